The van der Waals surface area contributed by atoms with Crippen molar-refractivity contribution in [1.82, 2.24) is 4.90 Å². The van der Waals surface area contributed by atoms with Gasteiger partial charge in [-0.1, -0.05) is 13.0 Å². The molecule has 1 aliphatic heterocycles. The first-order chi connectivity index (χ1) is 8.60. The first-order valence-corrected chi connectivity index (χ1v) is 5.85. The molecule has 1 fully saturated rings. The van der Waals surface area contributed by atoms with Crippen LogP contribution < -0.4 is 9.64 Å². The van der Waals surface area contributed by atoms with E-state index in [0.717, 1.165) is 0 Å². The van der Waals surface area contributed by atoms with Gasteiger partial charge in [0.2, 0.25) is 0 Å². The molecular weight excluding hydrogens is 232 g/mol. The topological polar surface area (TPSA) is 49.9 Å². The monoisotopic (exact) mass is 248 g/mol. The van der Waals surface area contributed by atoms with Crippen LogP contribution in [0.2, 0.25) is 0 Å². The summed E-state index contributed by atoms with van der Waals surface area (Å²) in [6.45, 7) is 1.89. The lowest BCUT2D eigenvalue weighted by atomic mass is 10.2. The molecule has 1 atom stereocenters. The Morgan fingerprint density at radius 1 is 1.33 bits per heavy atom. The number of anilines is 1. The van der Waals surface area contributed by atoms with Crippen LogP contribution in [0, 0.1) is 0 Å². The van der Waals surface area contributed by atoms with Gasteiger partial charge in [-0.15, -0.1) is 0 Å². The molecule has 0 radical (unpaired) electrons. The number of carbonyl (C=O) groups excluding carboxylic acids is 2. The van der Waals surface area contributed by atoms with Crippen molar-refractivity contribution >= 4 is 17.6 Å². The maximum atomic E-state index is 12.2. The Morgan fingerprint density at radius 3 is 2.61 bits per heavy atom. The van der Waals surface area contributed by atoms with Crippen LogP contribution in [0.3, 0.4) is 0 Å². The summed E-state index contributed by atoms with van der Waals surface area (Å²) < 4.78 is 5.10. The molecule has 5 nitrogen and oxygen atoms in total. The Morgan fingerprint density at radius 2 is 2.06 bits per heavy atom. The summed E-state index contributed by atoms with van der Waals surface area (Å²) in [7, 11) is 3.20. The molecule has 1 saturated heterocycles. The van der Waals surface area contributed by atoms with Gasteiger partial charge in [0.05, 0.1) is 12.8 Å². The molecule has 2 rings (SSSR count). The molecule has 0 N–H and O–H groups in total. The van der Waals surface area contributed by atoms with Crippen molar-refractivity contribution in [1.29, 1.82) is 0 Å². The molecule has 1 aromatic rings. The Bertz CT molecular complexity index is 487. The zero-order chi connectivity index (χ0) is 13.3. The highest BCUT2D eigenvalue weighted by Gasteiger charge is 2.42. The van der Waals surface area contributed by atoms with Gasteiger partial charge in [-0.05, 0) is 18.6 Å². The van der Waals surface area contributed by atoms with Gasteiger partial charge in [0.15, 0.2) is 0 Å². The fraction of sp³-hybridized carbons (Fsp3) is 0.385. The van der Waals surface area contributed by atoms with Crippen LogP contribution in [0.25, 0.3) is 0 Å². The number of rotatable bonds is 3. The van der Waals surface area contributed by atoms with Gasteiger partial charge in [-0.3, -0.25) is 4.79 Å². The SMILES string of the molecule is CCC1C(=O)N(c2cccc(OC)c2)C(=O)N1C. The van der Waals surface area contributed by atoms with Crippen molar-refractivity contribution in [3.63, 3.8) is 0 Å². The summed E-state index contributed by atoms with van der Waals surface area (Å²) in [5.74, 6) is 0.439. The maximum Gasteiger partial charge on any atom is 0.331 e. The quantitative estimate of drug-likeness (QED) is 0.767. The lowest BCUT2D eigenvalue weighted by molar-refractivity contribution is -0.119. The molecule has 0 spiro atoms. The van der Waals surface area contributed by atoms with Crippen LogP contribution in [0.5, 0.6) is 5.75 Å². The number of hydrogen-bond acceptors (Lipinski definition) is 3. The van der Waals surface area contributed by atoms with E-state index in [9.17, 15) is 9.59 Å². The average Bonchev–Trinajstić information content (AvgIpc) is 2.60. The minimum atomic E-state index is -0.372. The second-order valence-corrected chi connectivity index (χ2v) is 4.19. The molecule has 0 saturated carbocycles. The van der Waals surface area contributed by atoms with E-state index in [4.69, 9.17) is 4.74 Å². The number of imide groups is 1. The molecular formula is C13H16N2O3. The predicted octanol–water partition coefficient (Wildman–Crippen LogP) is 1.87. The number of carbonyl (C=O) groups is 2. The third kappa shape index (κ3) is 1.81. The van der Waals surface area contributed by atoms with Crippen molar-refractivity contribution in [3.05, 3.63) is 24.3 Å². The number of urea groups is 1. The highest BCUT2D eigenvalue weighted by Crippen LogP contribution is 2.27. The second kappa shape index (κ2) is 4.68. The number of amides is 3. The van der Waals surface area contributed by atoms with E-state index < -0.39 is 0 Å². The Kier molecular flexibility index (Phi) is 3.23. The summed E-state index contributed by atoms with van der Waals surface area (Å²) >= 11 is 0. The van der Waals surface area contributed by atoms with Crippen LogP contribution in [-0.4, -0.2) is 37.0 Å². The highest BCUT2D eigenvalue weighted by atomic mass is 16.5. The Hall–Kier alpha value is -2.04. The average molecular weight is 248 g/mol. The van der Waals surface area contributed by atoms with Gasteiger partial charge in [-0.25, -0.2) is 9.69 Å². The van der Waals surface area contributed by atoms with Crippen LogP contribution in [0.4, 0.5) is 10.5 Å². The number of likely N-dealkylation sites (N-methyl/N-ethyl adjacent to an activating group) is 1. The molecule has 1 aromatic carbocycles. The number of ether oxygens (including phenoxy) is 1. The Labute approximate surface area is 106 Å². The van der Waals surface area contributed by atoms with Gasteiger partial charge in [0.25, 0.3) is 5.91 Å². The number of nitrogens with zero attached hydrogens (tertiary/aromatic N) is 2. The summed E-state index contributed by atoms with van der Waals surface area (Å²) in [4.78, 5) is 26.9. The molecule has 1 aliphatic rings. The summed E-state index contributed by atoms with van der Waals surface area (Å²) in [6, 6.07) is 6.28. The predicted molar refractivity (Wildman–Crippen MR) is 67.7 cm³/mol. The van der Waals surface area contributed by atoms with Crippen LogP contribution in [0.15, 0.2) is 24.3 Å². The maximum absolute atomic E-state index is 12.2. The number of hydrogen-bond donors (Lipinski definition) is 0. The number of benzene rings is 1. The van der Waals surface area contributed by atoms with Crippen LogP contribution in [-0.2, 0) is 4.79 Å². The standard InChI is InChI=1S/C13H16N2O3/c1-4-11-12(16)15(13(17)14(11)2)9-6-5-7-10(8-9)18-3/h5-8,11H,4H2,1-3H3. The lowest BCUT2D eigenvalue weighted by Crippen LogP contribution is -2.31. The fourth-order valence-corrected chi connectivity index (χ4v) is 2.14. The van der Waals surface area contributed by atoms with E-state index >= 15 is 0 Å². The molecule has 18 heavy (non-hydrogen) atoms. The first kappa shape index (κ1) is 12.4. The molecule has 1 heterocycles. The molecule has 0 bridgehead atoms. The smallest absolute Gasteiger partial charge is 0.331 e. The van der Waals surface area contributed by atoms with E-state index in [-0.39, 0.29) is 18.0 Å². The third-order valence-electron chi connectivity index (χ3n) is 3.16. The number of methoxy groups -OCH3 is 1. The molecule has 1 unspecified atom stereocenters. The van der Waals surface area contributed by atoms with Crippen LogP contribution in [0.1, 0.15) is 13.3 Å². The highest BCUT2D eigenvalue weighted by molar-refractivity contribution is 6.21. The van der Waals surface area contributed by atoms with Gasteiger partial charge in [0, 0.05) is 13.1 Å². The largest absolute Gasteiger partial charge is 0.497 e. The first-order valence-electron chi connectivity index (χ1n) is 5.85. The molecule has 0 aliphatic carbocycles. The molecule has 3 amide bonds. The van der Waals surface area contributed by atoms with Gasteiger partial charge in [0.1, 0.15) is 11.8 Å². The van der Waals surface area contributed by atoms with Crippen molar-refractivity contribution in [2.24, 2.45) is 0 Å². The zero-order valence-corrected chi connectivity index (χ0v) is 10.7. The molecule has 0 aromatic heterocycles. The summed E-state index contributed by atoms with van der Waals surface area (Å²) in [5, 5.41) is 0. The zero-order valence-electron chi connectivity index (χ0n) is 10.7. The van der Waals surface area contributed by atoms with Crippen molar-refractivity contribution < 1.29 is 14.3 Å². The second-order valence-electron chi connectivity index (χ2n) is 4.19. The fourth-order valence-electron chi connectivity index (χ4n) is 2.14. The van der Waals surface area contributed by atoms with E-state index in [1.165, 1.54) is 9.80 Å². The third-order valence-corrected chi connectivity index (χ3v) is 3.16. The summed E-state index contributed by atoms with van der Waals surface area (Å²) in [5.41, 5.74) is 0.548. The van der Waals surface area contributed by atoms with E-state index in [2.05, 4.69) is 0 Å². The molecule has 5 heteroatoms. The molecule has 96 valence electrons. The van der Waals surface area contributed by atoms with Crippen molar-refractivity contribution in [2.45, 2.75) is 19.4 Å². The van der Waals surface area contributed by atoms with Gasteiger partial charge < -0.3 is 9.64 Å². The lowest BCUT2D eigenvalue weighted by Gasteiger charge is -2.14. The van der Waals surface area contributed by atoms with Crippen LogP contribution >= 0.6 is 0 Å². The Balaban J connectivity index is 2.38. The minimum Gasteiger partial charge on any atom is -0.497 e. The van der Waals surface area contributed by atoms with Crippen molar-refractivity contribution in [3.8, 4) is 5.75 Å². The van der Waals surface area contributed by atoms with E-state index in [1.807, 2.05) is 6.92 Å². The van der Waals surface area contributed by atoms with E-state index in [1.54, 1.807) is 38.4 Å². The van der Waals surface area contributed by atoms with Gasteiger partial charge >= 0.3 is 6.03 Å². The van der Waals surface area contributed by atoms with Gasteiger partial charge in [-0.2, -0.15) is 0 Å². The summed E-state index contributed by atoms with van der Waals surface area (Å²) in [6.07, 6.45) is 0.613. The minimum absolute atomic E-state index is 0.182. The van der Waals surface area contributed by atoms with Crippen molar-refractivity contribution in [2.75, 3.05) is 19.1 Å². The van der Waals surface area contributed by atoms with E-state index in [0.29, 0.717) is 17.9 Å². The normalized spacial score (nSPS) is 19.6.